The first kappa shape index (κ1) is 14.7. The molecule has 1 rings (SSSR count). The summed E-state index contributed by atoms with van der Waals surface area (Å²) in [6.07, 6.45) is 0.693. The van der Waals surface area contributed by atoms with Gasteiger partial charge in [0, 0.05) is 26.2 Å². The molecule has 0 aliphatic carbocycles. The molecule has 1 unspecified atom stereocenters. The Labute approximate surface area is 107 Å². The van der Waals surface area contributed by atoms with Gasteiger partial charge in [-0.05, 0) is 26.3 Å². The van der Waals surface area contributed by atoms with Gasteiger partial charge < -0.3 is 15.8 Å². The highest BCUT2D eigenvalue weighted by atomic mass is 16.5. The highest BCUT2D eigenvalue weighted by molar-refractivity contribution is 5.92. The maximum atomic E-state index is 11.9. The number of hydrogen-bond acceptors (Lipinski definition) is 4. The first-order valence-electron chi connectivity index (χ1n) is 6.15. The largest absolute Gasteiger partial charge is 0.383 e. The fourth-order valence-electron chi connectivity index (χ4n) is 1.73. The molecule has 0 radical (unpaired) electrons. The van der Waals surface area contributed by atoms with E-state index < -0.39 is 0 Å². The number of nitrogens with zero attached hydrogens (tertiary/aromatic N) is 2. The van der Waals surface area contributed by atoms with Gasteiger partial charge in [0.25, 0.3) is 5.91 Å². The molecule has 6 nitrogen and oxygen atoms in total. The number of nitrogens with one attached hydrogen (secondary N) is 1. The van der Waals surface area contributed by atoms with Crippen LogP contribution in [0.3, 0.4) is 0 Å². The Hall–Kier alpha value is -1.40. The van der Waals surface area contributed by atoms with E-state index in [1.165, 1.54) is 0 Å². The minimum Gasteiger partial charge on any atom is -0.383 e. The second kappa shape index (κ2) is 7.13. The zero-order valence-electron chi connectivity index (χ0n) is 11.3. The molecule has 0 spiro atoms. The number of aromatic nitrogens is 2. The molecule has 0 bridgehead atoms. The molecule has 1 amide bonds. The Morgan fingerprint density at radius 1 is 1.67 bits per heavy atom. The summed E-state index contributed by atoms with van der Waals surface area (Å²) < 4.78 is 6.63. The van der Waals surface area contributed by atoms with Crippen molar-refractivity contribution in [2.24, 2.45) is 5.73 Å². The summed E-state index contributed by atoms with van der Waals surface area (Å²) in [4.78, 5) is 11.9. The molecule has 0 saturated carbocycles. The van der Waals surface area contributed by atoms with Crippen molar-refractivity contribution in [1.82, 2.24) is 15.1 Å². The van der Waals surface area contributed by atoms with Gasteiger partial charge in [-0.2, -0.15) is 5.10 Å². The van der Waals surface area contributed by atoms with Crippen LogP contribution in [-0.2, 0) is 11.3 Å². The number of hydrogen-bond donors (Lipinski definition) is 2. The molecule has 0 aliphatic rings. The number of methoxy groups -OCH3 is 1. The van der Waals surface area contributed by atoms with E-state index in [4.69, 9.17) is 10.5 Å². The van der Waals surface area contributed by atoms with Crippen LogP contribution in [0.4, 0.5) is 0 Å². The van der Waals surface area contributed by atoms with Crippen LogP contribution in [0.5, 0.6) is 0 Å². The van der Waals surface area contributed by atoms with Crippen LogP contribution in [-0.4, -0.2) is 42.0 Å². The van der Waals surface area contributed by atoms with Gasteiger partial charge in [0.1, 0.15) is 5.69 Å². The van der Waals surface area contributed by atoms with E-state index >= 15 is 0 Å². The third-order valence-corrected chi connectivity index (χ3v) is 2.62. The van der Waals surface area contributed by atoms with Gasteiger partial charge in [-0.25, -0.2) is 0 Å². The van der Waals surface area contributed by atoms with E-state index in [1.807, 2.05) is 13.8 Å². The maximum absolute atomic E-state index is 11.9. The minimum absolute atomic E-state index is 0.0480. The monoisotopic (exact) mass is 254 g/mol. The van der Waals surface area contributed by atoms with Gasteiger partial charge >= 0.3 is 0 Å². The topological polar surface area (TPSA) is 82.2 Å². The van der Waals surface area contributed by atoms with Crippen molar-refractivity contribution >= 4 is 5.91 Å². The lowest BCUT2D eigenvalue weighted by Gasteiger charge is -2.11. The van der Waals surface area contributed by atoms with Crippen molar-refractivity contribution in [2.75, 3.05) is 20.3 Å². The summed E-state index contributed by atoms with van der Waals surface area (Å²) in [5, 5.41) is 7.07. The van der Waals surface area contributed by atoms with Gasteiger partial charge in [-0.3, -0.25) is 9.48 Å². The summed E-state index contributed by atoms with van der Waals surface area (Å²) >= 11 is 0. The summed E-state index contributed by atoms with van der Waals surface area (Å²) in [5.74, 6) is -0.109. The molecule has 0 aliphatic heterocycles. The second-order valence-electron chi connectivity index (χ2n) is 4.25. The van der Waals surface area contributed by atoms with Crippen LogP contribution >= 0.6 is 0 Å². The molecule has 3 N–H and O–H groups in total. The third kappa shape index (κ3) is 4.12. The van der Waals surface area contributed by atoms with E-state index in [0.717, 1.165) is 5.69 Å². The van der Waals surface area contributed by atoms with Gasteiger partial charge in [0.2, 0.25) is 0 Å². The van der Waals surface area contributed by atoms with E-state index in [0.29, 0.717) is 31.8 Å². The molecule has 18 heavy (non-hydrogen) atoms. The summed E-state index contributed by atoms with van der Waals surface area (Å²) in [7, 11) is 1.61. The second-order valence-corrected chi connectivity index (χ2v) is 4.25. The molecule has 1 heterocycles. The van der Waals surface area contributed by atoms with E-state index in [-0.39, 0.29) is 11.9 Å². The Bertz CT molecular complexity index is 389. The summed E-state index contributed by atoms with van der Waals surface area (Å²) in [6, 6.07) is 1.74. The zero-order chi connectivity index (χ0) is 13.5. The molecule has 1 atom stereocenters. The van der Waals surface area contributed by atoms with Crippen LogP contribution in [0.15, 0.2) is 6.07 Å². The number of ether oxygens (including phenoxy) is 1. The van der Waals surface area contributed by atoms with Gasteiger partial charge in [-0.1, -0.05) is 0 Å². The Morgan fingerprint density at radius 3 is 3.00 bits per heavy atom. The van der Waals surface area contributed by atoms with Crippen molar-refractivity contribution in [3.63, 3.8) is 0 Å². The van der Waals surface area contributed by atoms with E-state index in [1.54, 1.807) is 17.9 Å². The Kier molecular flexibility index (Phi) is 5.80. The van der Waals surface area contributed by atoms with Crippen LogP contribution in [0.25, 0.3) is 0 Å². The predicted octanol–water partition coefficient (Wildman–Crippen LogP) is 0.305. The van der Waals surface area contributed by atoms with E-state index in [9.17, 15) is 4.79 Å². The number of carbonyl (C=O) groups excluding carboxylic acids is 1. The van der Waals surface area contributed by atoms with Crippen LogP contribution in [0.1, 0.15) is 29.5 Å². The van der Waals surface area contributed by atoms with Crippen LogP contribution in [0.2, 0.25) is 0 Å². The molecule has 0 aromatic carbocycles. The van der Waals surface area contributed by atoms with Crippen molar-refractivity contribution in [2.45, 2.75) is 32.9 Å². The number of amides is 1. The smallest absolute Gasteiger partial charge is 0.269 e. The Morgan fingerprint density at radius 2 is 2.39 bits per heavy atom. The number of carbonyl (C=O) groups is 1. The van der Waals surface area contributed by atoms with Gasteiger partial charge in [0.15, 0.2) is 0 Å². The molecule has 0 saturated heterocycles. The number of aryl methyl sites for hydroxylation is 2. The highest BCUT2D eigenvalue weighted by Gasteiger charge is 2.12. The molecular formula is C12H22N4O2. The number of rotatable bonds is 7. The SMILES string of the molecule is CCn1nc(C)cc1C(=O)NCCC(N)COC. The quantitative estimate of drug-likeness (QED) is 0.733. The lowest BCUT2D eigenvalue weighted by Crippen LogP contribution is -2.33. The molecule has 0 fully saturated rings. The molecular weight excluding hydrogens is 232 g/mol. The van der Waals surface area contributed by atoms with Crippen LogP contribution in [0, 0.1) is 6.92 Å². The molecule has 6 heteroatoms. The van der Waals surface area contributed by atoms with Gasteiger partial charge in [-0.15, -0.1) is 0 Å². The summed E-state index contributed by atoms with van der Waals surface area (Å²) in [6.45, 7) is 5.55. The fourth-order valence-corrected chi connectivity index (χ4v) is 1.73. The van der Waals surface area contributed by atoms with Crippen molar-refractivity contribution in [3.8, 4) is 0 Å². The lowest BCUT2D eigenvalue weighted by atomic mass is 10.2. The summed E-state index contributed by atoms with van der Waals surface area (Å²) in [5.41, 5.74) is 7.21. The first-order chi connectivity index (χ1) is 8.58. The zero-order valence-corrected chi connectivity index (χ0v) is 11.3. The van der Waals surface area contributed by atoms with Crippen molar-refractivity contribution in [1.29, 1.82) is 0 Å². The number of nitrogens with two attached hydrogens (primary N) is 1. The average molecular weight is 254 g/mol. The van der Waals surface area contributed by atoms with E-state index in [2.05, 4.69) is 10.4 Å². The lowest BCUT2D eigenvalue weighted by molar-refractivity contribution is 0.0939. The highest BCUT2D eigenvalue weighted by Crippen LogP contribution is 2.03. The predicted molar refractivity (Wildman–Crippen MR) is 69.4 cm³/mol. The minimum atomic E-state index is -0.109. The Balaban J connectivity index is 2.45. The maximum Gasteiger partial charge on any atom is 0.269 e. The average Bonchev–Trinajstić information content (AvgIpc) is 2.70. The van der Waals surface area contributed by atoms with Crippen molar-refractivity contribution in [3.05, 3.63) is 17.5 Å². The molecule has 102 valence electrons. The standard InChI is InChI=1S/C12H22N4O2/c1-4-16-11(7-9(2)15-16)12(17)14-6-5-10(13)8-18-3/h7,10H,4-6,8,13H2,1-3H3,(H,14,17). The third-order valence-electron chi connectivity index (χ3n) is 2.62. The normalized spacial score (nSPS) is 12.4. The van der Waals surface area contributed by atoms with Crippen LogP contribution < -0.4 is 11.1 Å². The van der Waals surface area contributed by atoms with Gasteiger partial charge in [0.05, 0.1) is 12.3 Å². The molecule has 1 aromatic heterocycles. The van der Waals surface area contributed by atoms with Crippen molar-refractivity contribution < 1.29 is 9.53 Å². The fraction of sp³-hybridized carbons (Fsp3) is 0.667. The first-order valence-corrected chi connectivity index (χ1v) is 6.15. The molecule has 1 aromatic rings.